The summed E-state index contributed by atoms with van der Waals surface area (Å²) < 4.78 is 6.06. The Bertz CT molecular complexity index is 580. The number of nitrogens with one attached hydrogen (secondary N) is 1. The summed E-state index contributed by atoms with van der Waals surface area (Å²) in [4.78, 5) is 4.60. The van der Waals surface area contributed by atoms with E-state index in [1.807, 2.05) is 25.1 Å². The van der Waals surface area contributed by atoms with Gasteiger partial charge in [-0.3, -0.25) is 0 Å². The second-order valence-corrected chi connectivity index (χ2v) is 6.10. The van der Waals surface area contributed by atoms with E-state index in [1.54, 1.807) is 0 Å². The van der Waals surface area contributed by atoms with Gasteiger partial charge < -0.3 is 10.1 Å². The Morgan fingerprint density at radius 1 is 1.14 bits per heavy atom. The van der Waals surface area contributed by atoms with Crippen molar-refractivity contribution in [1.29, 1.82) is 0 Å². The largest absolute Gasteiger partial charge is 0.487 e. The molecule has 21 heavy (non-hydrogen) atoms. The number of pyridine rings is 1. The maximum absolute atomic E-state index is 6.06. The Hall–Kier alpha value is -1.61. The highest BCUT2D eigenvalue weighted by Crippen LogP contribution is 2.24. The van der Waals surface area contributed by atoms with Crippen molar-refractivity contribution < 1.29 is 4.74 Å². The van der Waals surface area contributed by atoms with Gasteiger partial charge in [-0.25, -0.2) is 4.98 Å². The molecule has 0 aliphatic heterocycles. The summed E-state index contributed by atoms with van der Waals surface area (Å²) in [6, 6.07) is 10.2. The molecule has 0 spiro atoms. The average Bonchev–Trinajstić information content (AvgIpc) is 2.44. The summed E-state index contributed by atoms with van der Waals surface area (Å²) >= 11 is 0. The van der Waals surface area contributed by atoms with Crippen LogP contribution in [0.4, 0.5) is 0 Å². The number of para-hydroxylation sites is 1. The van der Waals surface area contributed by atoms with E-state index in [0.29, 0.717) is 0 Å². The summed E-state index contributed by atoms with van der Waals surface area (Å²) in [6.45, 7) is 10.5. The van der Waals surface area contributed by atoms with Crippen molar-refractivity contribution in [2.24, 2.45) is 5.92 Å². The lowest BCUT2D eigenvalue weighted by atomic mass is 10.1. The number of rotatable bonds is 7. The van der Waals surface area contributed by atoms with Crippen LogP contribution >= 0.6 is 0 Å². The molecular formula is C18H26N2O. The first-order valence-electron chi connectivity index (χ1n) is 7.80. The molecule has 3 nitrogen and oxygen atoms in total. The molecule has 0 saturated carbocycles. The minimum absolute atomic E-state index is 0.130. The molecule has 0 aliphatic rings. The maximum Gasteiger partial charge on any atom is 0.146 e. The summed E-state index contributed by atoms with van der Waals surface area (Å²) in [5.41, 5.74) is 1.97. The second kappa shape index (κ2) is 7.41. The topological polar surface area (TPSA) is 34.1 Å². The fourth-order valence-corrected chi connectivity index (χ4v) is 2.27. The Balaban J connectivity index is 1.97. The summed E-state index contributed by atoms with van der Waals surface area (Å²) in [7, 11) is 0. The van der Waals surface area contributed by atoms with Gasteiger partial charge in [-0.1, -0.05) is 32.0 Å². The lowest BCUT2D eigenvalue weighted by Crippen LogP contribution is -2.30. The van der Waals surface area contributed by atoms with E-state index >= 15 is 0 Å². The predicted molar refractivity (Wildman–Crippen MR) is 88.9 cm³/mol. The highest BCUT2D eigenvalue weighted by atomic mass is 16.5. The van der Waals surface area contributed by atoms with Gasteiger partial charge in [0.15, 0.2) is 0 Å². The highest BCUT2D eigenvalue weighted by molar-refractivity contribution is 5.84. The number of hydrogen-bond acceptors (Lipinski definition) is 3. The first kappa shape index (κ1) is 15.8. The molecule has 1 atom stereocenters. The van der Waals surface area contributed by atoms with Gasteiger partial charge in [-0.05, 0) is 44.9 Å². The van der Waals surface area contributed by atoms with Gasteiger partial charge in [0.25, 0.3) is 0 Å². The standard InChI is InChI=1S/C18H26N2O/c1-13(2)10-11-19-12-15(4)21-17-7-5-6-16-9-8-14(3)20-18(16)17/h5-9,13,15,19H,10-12H2,1-4H3. The third-order valence-corrected chi connectivity index (χ3v) is 3.48. The van der Waals surface area contributed by atoms with Crippen molar-refractivity contribution in [2.75, 3.05) is 13.1 Å². The molecule has 0 saturated heterocycles. The van der Waals surface area contributed by atoms with Crippen molar-refractivity contribution in [3.05, 3.63) is 36.0 Å². The molecule has 1 heterocycles. The molecule has 0 bridgehead atoms. The van der Waals surface area contributed by atoms with Crippen LogP contribution in [-0.4, -0.2) is 24.2 Å². The zero-order valence-electron chi connectivity index (χ0n) is 13.5. The molecule has 1 aromatic carbocycles. The molecule has 2 rings (SSSR count). The van der Waals surface area contributed by atoms with Crippen molar-refractivity contribution in [3.63, 3.8) is 0 Å². The van der Waals surface area contributed by atoms with E-state index in [9.17, 15) is 0 Å². The van der Waals surface area contributed by atoms with Gasteiger partial charge in [-0.2, -0.15) is 0 Å². The van der Waals surface area contributed by atoms with Crippen LogP contribution in [0.2, 0.25) is 0 Å². The van der Waals surface area contributed by atoms with Gasteiger partial charge in [0, 0.05) is 17.6 Å². The smallest absolute Gasteiger partial charge is 0.146 e. The van der Waals surface area contributed by atoms with Crippen LogP contribution in [0, 0.1) is 12.8 Å². The van der Waals surface area contributed by atoms with Crippen LogP contribution in [0.1, 0.15) is 32.9 Å². The van der Waals surface area contributed by atoms with Crippen molar-refractivity contribution in [3.8, 4) is 5.75 Å². The Morgan fingerprint density at radius 3 is 2.71 bits per heavy atom. The van der Waals surface area contributed by atoms with Crippen molar-refractivity contribution >= 4 is 10.9 Å². The minimum Gasteiger partial charge on any atom is -0.487 e. The summed E-state index contributed by atoms with van der Waals surface area (Å²) in [5.74, 6) is 1.60. The van der Waals surface area contributed by atoms with Gasteiger partial charge >= 0.3 is 0 Å². The molecule has 1 N–H and O–H groups in total. The van der Waals surface area contributed by atoms with E-state index in [1.165, 1.54) is 6.42 Å². The minimum atomic E-state index is 0.130. The van der Waals surface area contributed by atoms with Crippen LogP contribution in [0.3, 0.4) is 0 Å². The molecular weight excluding hydrogens is 260 g/mol. The van der Waals surface area contributed by atoms with Gasteiger partial charge in [0.1, 0.15) is 17.4 Å². The molecule has 0 aliphatic carbocycles. The second-order valence-electron chi connectivity index (χ2n) is 6.10. The van der Waals surface area contributed by atoms with Crippen LogP contribution in [0.15, 0.2) is 30.3 Å². The highest BCUT2D eigenvalue weighted by Gasteiger charge is 2.08. The van der Waals surface area contributed by atoms with E-state index in [4.69, 9.17) is 4.74 Å². The number of hydrogen-bond donors (Lipinski definition) is 1. The molecule has 0 amide bonds. The average molecular weight is 286 g/mol. The molecule has 1 unspecified atom stereocenters. The van der Waals surface area contributed by atoms with Gasteiger partial charge in [0.05, 0.1) is 0 Å². The van der Waals surface area contributed by atoms with Crippen molar-refractivity contribution in [1.82, 2.24) is 10.3 Å². The van der Waals surface area contributed by atoms with E-state index in [-0.39, 0.29) is 6.10 Å². The fourth-order valence-electron chi connectivity index (χ4n) is 2.27. The van der Waals surface area contributed by atoms with E-state index in [2.05, 4.69) is 43.2 Å². The zero-order chi connectivity index (χ0) is 15.2. The lowest BCUT2D eigenvalue weighted by molar-refractivity contribution is 0.219. The molecule has 2 aromatic rings. The number of benzene rings is 1. The van der Waals surface area contributed by atoms with Crippen LogP contribution in [0.25, 0.3) is 10.9 Å². The SMILES string of the molecule is Cc1ccc2cccc(OC(C)CNCCC(C)C)c2n1. The summed E-state index contributed by atoms with van der Waals surface area (Å²) in [6.07, 6.45) is 1.33. The quantitative estimate of drug-likeness (QED) is 0.783. The summed E-state index contributed by atoms with van der Waals surface area (Å²) in [5, 5.41) is 4.57. The van der Waals surface area contributed by atoms with E-state index < -0.39 is 0 Å². The normalized spacial score (nSPS) is 12.8. The first-order valence-corrected chi connectivity index (χ1v) is 7.80. The number of aryl methyl sites for hydroxylation is 1. The van der Waals surface area contributed by atoms with Gasteiger partial charge in [0.2, 0.25) is 0 Å². The molecule has 1 aromatic heterocycles. The van der Waals surface area contributed by atoms with E-state index in [0.717, 1.165) is 41.4 Å². The number of ether oxygens (including phenoxy) is 1. The Labute approximate surface area is 127 Å². The van der Waals surface area contributed by atoms with Crippen LogP contribution in [-0.2, 0) is 0 Å². The molecule has 0 radical (unpaired) electrons. The van der Waals surface area contributed by atoms with Crippen LogP contribution in [0.5, 0.6) is 5.75 Å². The third kappa shape index (κ3) is 4.71. The Morgan fingerprint density at radius 2 is 1.95 bits per heavy atom. The molecule has 0 fully saturated rings. The monoisotopic (exact) mass is 286 g/mol. The van der Waals surface area contributed by atoms with Gasteiger partial charge in [-0.15, -0.1) is 0 Å². The van der Waals surface area contributed by atoms with Crippen molar-refractivity contribution in [2.45, 2.75) is 40.2 Å². The molecule has 114 valence electrons. The predicted octanol–water partition coefficient (Wildman–Crippen LogP) is 3.95. The third-order valence-electron chi connectivity index (χ3n) is 3.48. The lowest BCUT2D eigenvalue weighted by Gasteiger charge is -2.17. The number of nitrogens with zero attached hydrogens (tertiary/aromatic N) is 1. The maximum atomic E-state index is 6.06. The molecule has 3 heteroatoms. The fraction of sp³-hybridized carbons (Fsp3) is 0.500. The Kier molecular flexibility index (Phi) is 5.57. The number of aromatic nitrogens is 1. The van der Waals surface area contributed by atoms with Crippen LogP contribution < -0.4 is 10.1 Å². The number of fused-ring (bicyclic) bond motifs is 1. The zero-order valence-corrected chi connectivity index (χ0v) is 13.5. The first-order chi connectivity index (χ1) is 10.1.